The Morgan fingerprint density at radius 1 is 1.00 bits per heavy atom. The van der Waals surface area contributed by atoms with Crippen LogP contribution in [0.1, 0.15) is 10.4 Å². The number of halogens is 2. The van der Waals surface area contributed by atoms with E-state index in [-0.39, 0.29) is 5.69 Å². The highest BCUT2D eigenvalue weighted by atomic mass is 19.2. The monoisotopic (exact) mass is 406 g/mol. The molecule has 8 heteroatoms. The van der Waals surface area contributed by atoms with Gasteiger partial charge in [-0.15, -0.1) is 0 Å². The highest BCUT2D eigenvalue weighted by Gasteiger charge is 2.12. The lowest BCUT2D eigenvalue weighted by Crippen LogP contribution is -2.12. The van der Waals surface area contributed by atoms with E-state index in [4.69, 9.17) is 4.74 Å². The smallest absolute Gasteiger partial charge is 0.256 e. The molecular formula is C22H16F2N4O2. The van der Waals surface area contributed by atoms with Gasteiger partial charge in [0, 0.05) is 36.6 Å². The SMILES string of the molecule is CNc1nccc(Oc2ccc3c(C(=O)Nc4ccc(F)c(F)c4)cccc3c2)n1. The van der Waals surface area contributed by atoms with Gasteiger partial charge in [0.25, 0.3) is 5.91 Å². The molecule has 30 heavy (non-hydrogen) atoms. The Kier molecular flexibility index (Phi) is 5.21. The number of fused-ring (bicyclic) bond motifs is 1. The maximum absolute atomic E-state index is 13.4. The highest BCUT2D eigenvalue weighted by molar-refractivity contribution is 6.13. The fourth-order valence-electron chi connectivity index (χ4n) is 2.94. The van der Waals surface area contributed by atoms with Gasteiger partial charge in [-0.1, -0.05) is 12.1 Å². The minimum Gasteiger partial charge on any atom is -0.439 e. The Balaban J connectivity index is 1.60. The number of benzene rings is 3. The summed E-state index contributed by atoms with van der Waals surface area (Å²) in [5, 5.41) is 6.88. The van der Waals surface area contributed by atoms with E-state index in [9.17, 15) is 13.6 Å². The third kappa shape index (κ3) is 4.02. The molecule has 0 spiro atoms. The Morgan fingerprint density at radius 3 is 2.67 bits per heavy atom. The molecule has 0 saturated carbocycles. The van der Waals surface area contributed by atoms with Crippen LogP contribution < -0.4 is 15.4 Å². The van der Waals surface area contributed by atoms with Crippen molar-refractivity contribution in [2.45, 2.75) is 0 Å². The summed E-state index contributed by atoms with van der Waals surface area (Å²) in [4.78, 5) is 20.9. The van der Waals surface area contributed by atoms with Crippen molar-refractivity contribution in [1.29, 1.82) is 0 Å². The Hall–Kier alpha value is -4.07. The van der Waals surface area contributed by atoms with Crippen LogP contribution in [0.2, 0.25) is 0 Å². The van der Waals surface area contributed by atoms with Gasteiger partial charge in [-0.25, -0.2) is 13.8 Å². The molecule has 4 rings (SSSR count). The highest BCUT2D eigenvalue weighted by Crippen LogP contribution is 2.27. The lowest BCUT2D eigenvalue weighted by molar-refractivity contribution is 0.102. The van der Waals surface area contributed by atoms with Crippen molar-refractivity contribution in [3.05, 3.63) is 84.1 Å². The van der Waals surface area contributed by atoms with Gasteiger partial charge in [-0.3, -0.25) is 4.79 Å². The van der Waals surface area contributed by atoms with Gasteiger partial charge in [0.1, 0.15) is 5.75 Å². The number of hydrogen-bond acceptors (Lipinski definition) is 5. The lowest BCUT2D eigenvalue weighted by atomic mass is 10.0. The normalized spacial score (nSPS) is 10.6. The second-order valence-corrected chi connectivity index (χ2v) is 6.34. The van der Waals surface area contributed by atoms with Crippen molar-refractivity contribution in [2.24, 2.45) is 0 Å². The summed E-state index contributed by atoms with van der Waals surface area (Å²) in [5.74, 6) is -1.09. The fourth-order valence-corrected chi connectivity index (χ4v) is 2.94. The summed E-state index contributed by atoms with van der Waals surface area (Å²) in [7, 11) is 1.71. The average Bonchev–Trinajstić information content (AvgIpc) is 2.76. The third-order valence-electron chi connectivity index (χ3n) is 4.35. The summed E-state index contributed by atoms with van der Waals surface area (Å²) in [6.45, 7) is 0. The lowest BCUT2D eigenvalue weighted by Gasteiger charge is -2.10. The minimum absolute atomic E-state index is 0.167. The fraction of sp³-hybridized carbons (Fsp3) is 0.0455. The number of carbonyl (C=O) groups excluding carboxylic acids is 1. The first kappa shape index (κ1) is 19.3. The van der Waals surface area contributed by atoms with Gasteiger partial charge in [-0.05, 0) is 47.2 Å². The Bertz CT molecular complexity index is 1250. The van der Waals surface area contributed by atoms with Gasteiger partial charge >= 0.3 is 0 Å². The quantitative estimate of drug-likeness (QED) is 0.488. The number of aromatic nitrogens is 2. The topological polar surface area (TPSA) is 76.1 Å². The first-order chi connectivity index (χ1) is 14.5. The van der Waals surface area contributed by atoms with Crippen molar-refractivity contribution < 1.29 is 18.3 Å². The van der Waals surface area contributed by atoms with Crippen molar-refractivity contribution in [3.8, 4) is 11.6 Å². The van der Waals surface area contributed by atoms with Crippen LogP contribution >= 0.6 is 0 Å². The van der Waals surface area contributed by atoms with Crippen LogP contribution in [-0.4, -0.2) is 22.9 Å². The number of rotatable bonds is 5. The predicted molar refractivity (Wildman–Crippen MR) is 110 cm³/mol. The predicted octanol–water partition coefficient (Wildman–Crippen LogP) is 4.99. The summed E-state index contributed by atoms with van der Waals surface area (Å²) in [6.07, 6.45) is 1.58. The summed E-state index contributed by atoms with van der Waals surface area (Å²) < 4.78 is 32.3. The zero-order valence-corrected chi connectivity index (χ0v) is 15.8. The summed E-state index contributed by atoms with van der Waals surface area (Å²) in [5.41, 5.74) is 0.559. The van der Waals surface area contributed by atoms with Crippen LogP contribution in [0.3, 0.4) is 0 Å². The van der Waals surface area contributed by atoms with Crippen molar-refractivity contribution in [1.82, 2.24) is 9.97 Å². The van der Waals surface area contributed by atoms with Crippen molar-refractivity contribution in [2.75, 3.05) is 17.7 Å². The van der Waals surface area contributed by atoms with Crippen LogP contribution in [-0.2, 0) is 0 Å². The first-order valence-electron chi connectivity index (χ1n) is 9.01. The van der Waals surface area contributed by atoms with Crippen LogP contribution in [0.5, 0.6) is 11.6 Å². The van der Waals surface area contributed by atoms with E-state index in [0.717, 1.165) is 17.5 Å². The van der Waals surface area contributed by atoms with E-state index >= 15 is 0 Å². The molecule has 1 aromatic heterocycles. The molecule has 4 aromatic rings. The number of ether oxygens (including phenoxy) is 1. The standard InChI is InChI=1S/C22H16F2N4O2/c1-25-22-26-10-9-20(28-22)30-15-6-7-16-13(11-15)3-2-4-17(16)21(29)27-14-5-8-18(23)19(24)12-14/h2-12H,1H3,(H,27,29)(H,25,26,28). The molecule has 3 aromatic carbocycles. The van der Waals surface area contributed by atoms with E-state index < -0.39 is 17.5 Å². The molecule has 0 fully saturated rings. The minimum atomic E-state index is -1.03. The number of anilines is 2. The molecule has 0 aliphatic rings. The van der Waals surface area contributed by atoms with Gasteiger partial charge in [0.05, 0.1) is 0 Å². The molecule has 2 N–H and O–H groups in total. The molecule has 0 atom stereocenters. The van der Waals surface area contributed by atoms with Gasteiger partial charge in [-0.2, -0.15) is 4.98 Å². The first-order valence-corrected chi connectivity index (χ1v) is 9.01. The second kappa shape index (κ2) is 8.12. The van der Waals surface area contributed by atoms with Crippen LogP contribution in [0.4, 0.5) is 20.4 Å². The number of amides is 1. The number of carbonyl (C=O) groups is 1. The van der Waals surface area contributed by atoms with E-state index in [0.29, 0.717) is 28.5 Å². The van der Waals surface area contributed by atoms with Crippen molar-refractivity contribution >= 4 is 28.3 Å². The van der Waals surface area contributed by atoms with Gasteiger partial charge in [0.2, 0.25) is 11.8 Å². The molecule has 0 aliphatic heterocycles. The Labute approximate surface area is 170 Å². The number of hydrogen-bond donors (Lipinski definition) is 2. The van der Waals surface area contributed by atoms with E-state index in [1.54, 1.807) is 49.6 Å². The molecule has 0 radical (unpaired) electrons. The van der Waals surface area contributed by atoms with Crippen molar-refractivity contribution in [3.63, 3.8) is 0 Å². The molecule has 1 amide bonds. The molecule has 150 valence electrons. The summed E-state index contributed by atoms with van der Waals surface area (Å²) >= 11 is 0. The molecular weight excluding hydrogens is 390 g/mol. The number of nitrogens with one attached hydrogen (secondary N) is 2. The third-order valence-corrected chi connectivity index (χ3v) is 4.35. The zero-order valence-electron chi connectivity index (χ0n) is 15.8. The maximum atomic E-state index is 13.4. The molecule has 0 saturated heterocycles. The average molecular weight is 406 g/mol. The number of nitrogens with zero attached hydrogens (tertiary/aromatic N) is 2. The van der Waals surface area contributed by atoms with E-state index in [1.165, 1.54) is 6.07 Å². The molecule has 1 heterocycles. The Morgan fingerprint density at radius 2 is 1.87 bits per heavy atom. The summed E-state index contributed by atoms with van der Waals surface area (Å²) in [6, 6.07) is 15.3. The second-order valence-electron chi connectivity index (χ2n) is 6.34. The maximum Gasteiger partial charge on any atom is 0.256 e. The van der Waals surface area contributed by atoms with Crippen LogP contribution in [0, 0.1) is 11.6 Å². The molecule has 0 unspecified atom stereocenters. The molecule has 0 aliphatic carbocycles. The van der Waals surface area contributed by atoms with E-state index in [2.05, 4.69) is 20.6 Å². The van der Waals surface area contributed by atoms with Gasteiger partial charge < -0.3 is 15.4 Å². The van der Waals surface area contributed by atoms with E-state index in [1.807, 2.05) is 6.07 Å². The van der Waals surface area contributed by atoms with Crippen LogP contribution in [0.15, 0.2) is 66.9 Å². The molecule has 6 nitrogen and oxygen atoms in total. The molecule has 0 bridgehead atoms. The van der Waals surface area contributed by atoms with Gasteiger partial charge in [0.15, 0.2) is 11.6 Å². The zero-order chi connectivity index (χ0) is 21.1. The largest absolute Gasteiger partial charge is 0.439 e. The van der Waals surface area contributed by atoms with Crippen LogP contribution in [0.25, 0.3) is 10.8 Å².